The van der Waals surface area contributed by atoms with E-state index in [1.807, 2.05) is 26.0 Å². The highest BCUT2D eigenvalue weighted by molar-refractivity contribution is 7.21. The molecule has 22 heavy (non-hydrogen) atoms. The summed E-state index contributed by atoms with van der Waals surface area (Å²) in [7, 11) is 0. The van der Waals surface area contributed by atoms with Gasteiger partial charge in [-0.2, -0.15) is 5.10 Å². The molecule has 0 spiro atoms. The number of aryl methyl sites for hydroxylation is 2. The van der Waals surface area contributed by atoms with Crippen LogP contribution in [0.25, 0.3) is 10.2 Å². The molecule has 0 bridgehead atoms. The van der Waals surface area contributed by atoms with E-state index >= 15 is 0 Å². The molecule has 0 aliphatic heterocycles. The Bertz CT molecular complexity index is 844. The van der Waals surface area contributed by atoms with E-state index in [1.54, 1.807) is 12.4 Å². The molecule has 3 N–H and O–H groups in total. The second-order valence-electron chi connectivity index (χ2n) is 4.98. The average Bonchev–Trinajstić information content (AvgIpc) is 2.87. The van der Waals surface area contributed by atoms with Crippen molar-refractivity contribution in [2.24, 2.45) is 0 Å². The Morgan fingerprint density at radius 1 is 1.36 bits per heavy atom. The standard InChI is InChI=1S/C15H15N5OS/c1-8-9(2)19-20-15-11(8)12(16)13(22-15)14(21)18-7-10-4-3-5-17-6-10/h3-6H,7,16H2,1-2H3,(H,18,21). The van der Waals surface area contributed by atoms with Gasteiger partial charge in [-0.1, -0.05) is 6.07 Å². The lowest BCUT2D eigenvalue weighted by atomic mass is 10.1. The zero-order valence-corrected chi connectivity index (χ0v) is 13.1. The van der Waals surface area contributed by atoms with Crippen LogP contribution in [0.1, 0.15) is 26.5 Å². The van der Waals surface area contributed by atoms with Crippen LogP contribution in [0.3, 0.4) is 0 Å². The molecule has 0 saturated heterocycles. The van der Waals surface area contributed by atoms with Crippen molar-refractivity contribution in [3.8, 4) is 0 Å². The highest BCUT2D eigenvalue weighted by atomic mass is 32.1. The number of fused-ring (bicyclic) bond motifs is 1. The Morgan fingerprint density at radius 3 is 2.91 bits per heavy atom. The summed E-state index contributed by atoms with van der Waals surface area (Å²) in [6.07, 6.45) is 3.41. The molecule has 3 rings (SSSR count). The first kappa shape index (κ1) is 14.4. The maximum Gasteiger partial charge on any atom is 0.263 e. The third-order valence-electron chi connectivity index (χ3n) is 3.52. The van der Waals surface area contributed by atoms with Crippen LogP contribution in [-0.2, 0) is 6.54 Å². The number of rotatable bonds is 3. The molecular weight excluding hydrogens is 298 g/mol. The number of carbonyl (C=O) groups excluding carboxylic acids is 1. The highest BCUT2D eigenvalue weighted by Gasteiger charge is 2.19. The number of anilines is 1. The van der Waals surface area contributed by atoms with Crippen molar-refractivity contribution >= 4 is 33.1 Å². The fraction of sp³-hybridized carbons (Fsp3) is 0.200. The van der Waals surface area contributed by atoms with E-state index in [4.69, 9.17) is 5.73 Å². The van der Waals surface area contributed by atoms with Gasteiger partial charge in [0.1, 0.15) is 9.71 Å². The zero-order chi connectivity index (χ0) is 15.7. The number of amides is 1. The number of nitrogens with one attached hydrogen (secondary N) is 1. The maximum absolute atomic E-state index is 12.4. The Kier molecular flexibility index (Phi) is 3.72. The van der Waals surface area contributed by atoms with Gasteiger partial charge in [0.2, 0.25) is 0 Å². The molecule has 3 heterocycles. The van der Waals surface area contributed by atoms with Gasteiger partial charge in [0.05, 0.1) is 11.4 Å². The van der Waals surface area contributed by atoms with Gasteiger partial charge in [-0.05, 0) is 31.0 Å². The molecule has 0 atom stereocenters. The molecule has 7 heteroatoms. The van der Waals surface area contributed by atoms with Gasteiger partial charge in [-0.3, -0.25) is 9.78 Å². The summed E-state index contributed by atoms with van der Waals surface area (Å²) >= 11 is 1.26. The fourth-order valence-electron chi connectivity index (χ4n) is 2.17. The predicted molar refractivity (Wildman–Crippen MR) is 86.7 cm³/mol. The summed E-state index contributed by atoms with van der Waals surface area (Å²) in [4.78, 5) is 17.5. The number of nitrogens with zero attached hydrogens (tertiary/aromatic N) is 3. The highest BCUT2D eigenvalue weighted by Crippen LogP contribution is 2.34. The maximum atomic E-state index is 12.4. The first-order chi connectivity index (χ1) is 10.6. The van der Waals surface area contributed by atoms with Crippen molar-refractivity contribution in [3.05, 3.63) is 46.2 Å². The summed E-state index contributed by atoms with van der Waals surface area (Å²) in [5.74, 6) is -0.207. The van der Waals surface area contributed by atoms with Crippen LogP contribution in [0.5, 0.6) is 0 Å². The van der Waals surface area contributed by atoms with Crippen molar-refractivity contribution in [1.29, 1.82) is 0 Å². The van der Waals surface area contributed by atoms with E-state index in [-0.39, 0.29) is 5.91 Å². The largest absolute Gasteiger partial charge is 0.397 e. The minimum absolute atomic E-state index is 0.207. The number of nitrogen functional groups attached to an aromatic ring is 1. The minimum Gasteiger partial charge on any atom is -0.397 e. The molecule has 0 aliphatic rings. The van der Waals surface area contributed by atoms with E-state index < -0.39 is 0 Å². The number of aromatic nitrogens is 3. The smallest absolute Gasteiger partial charge is 0.263 e. The summed E-state index contributed by atoms with van der Waals surface area (Å²) in [6.45, 7) is 4.22. The molecule has 0 radical (unpaired) electrons. The van der Waals surface area contributed by atoms with Gasteiger partial charge in [0.25, 0.3) is 5.91 Å². The van der Waals surface area contributed by atoms with Crippen molar-refractivity contribution in [1.82, 2.24) is 20.5 Å². The topological polar surface area (TPSA) is 93.8 Å². The molecule has 0 saturated carbocycles. The van der Waals surface area contributed by atoms with E-state index in [0.717, 1.165) is 22.2 Å². The number of pyridine rings is 1. The quantitative estimate of drug-likeness (QED) is 0.773. The normalized spacial score (nSPS) is 10.8. The number of hydrogen-bond acceptors (Lipinski definition) is 6. The zero-order valence-electron chi connectivity index (χ0n) is 12.3. The van der Waals surface area contributed by atoms with Crippen LogP contribution < -0.4 is 11.1 Å². The van der Waals surface area contributed by atoms with Crippen molar-refractivity contribution < 1.29 is 4.79 Å². The molecular formula is C15H15N5OS. The van der Waals surface area contributed by atoms with Crippen LogP contribution in [0.2, 0.25) is 0 Å². The van der Waals surface area contributed by atoms with Crippen molar-refractivity contribution in [2.45, 2.75) is 20.4 Å². The van der Waals surface area contributed by atoms with Crippen LogP contribution >= 0.6 is 11.3 Å². The lowest BCUT2D eigenvalue weighted by Gasteiger charge is -2.04. The van der Waals surface area contributed by atoms with Gasteiger partial charge in [0.15, 0.2) is 0 Å². The van der Waals surface area contributed by atoms with Crippen molar-refractivity contribution in [2.75, 3.05) is 5.73 Å². The van der Waals surface area contributed by atoms with Gasteiger partial charge in [-0.25, -0.2) is 0 Å². The summed E-state index contributed by atoms with van der Waals surface area (Å²) in [5.41, 5.74) is 9.33. The number of carbonyl (C=O) groups is 1. The lowest BCUT2D eigenvalue weighted by Crippen LogP contribution is -2.22. The Morgan fingerprint density at radius 2 is 2.18 bits per heavy atom. The molecule has 0 fully saturated rings. The molecule has 0 aromatic carbocycles. The van der Waals surface area contributed by atoms with Crippen LogP contribution in [0, 0.1) is 13.8 Å². The van der Waals surface area contributed by atoms with E-state index in [2.05, 4.69) is 20.5 Å². The Labute approximate surface area is 131 Å². The SMILES string of the molecule is Cc1nnc2sc(C(=O)NCc3cccnc3)c(N)c2c1C. The van der Waals surface area contributed by atoms with Gasteiger partial charge in [0, 0.05) is 24.3 Å². The lowest BCUT2D eigenvalue weighted by molar-refractivity contribution is 0.0956. The van der Waals surface area contributed by atoms with Gasteiger partial charge >= 0.3 is 0 Å². The average molecular weight is 313 g/mol. The second-order valence-corrected chi connectivity index (χ2v) is 5.98. The Hall–Kier alpha value is -2.54. The van der Waals surface area contributed by atoms with Crippen LogP contribution in [0.15, 0.2) is 24.5 Å². The molecule has 1 amide bonds. The monoisotopic (exact) mass is 313 g/mol. The summed E-state index contributed by atoms with van der Waals surface area (Å²) in [6, 6.07) is 3.73. The third kappa shape index (κ3) is 2.50. The molecule has 3 aromatic heterocycles. The molecule has 3 aromatic rings. The number of hydrogen-bond donors (Lipinski definition) is 2. The van der Waals surface area contributed by atoms with Crippen LogP contribution in [0.4, 0.5) is 5.69 Å². The van der Waals surface area contributed by atoms with Crippen LogP contribution in [-0.4, -0.2) is 21.1 Å². The van der Waals surface area contributed by atoms with E-state index in [1.165, 1.54) is 11.3 Å². The summed E-state index contributed by atoms with van der Waals surface area (Å²) in [5, 5.41) is 11.9. The number of nitrogens with two attached hydrogens (primary N) is 1. The van der Waals surface area contributed by atoms with E-state index in [9.17, 15) is 4.79 Å². The molecule has 112 valence electrons. The molecule has 0 unspecified atom stereocenters. The minimum atomic E-state index is -0.207. The predicted octanol–water partition coefficient (Wildman–Crippen LogP) is 2.22. The summed E-state index contributed by atoms with van der Waals surface area (Å²) < 4.78 is 0. The third-order valence-corrected chi connectivity index (χ3v) is 4.61. The van der Waals surface area contributed by atoms with Gasteiger partial charge in [-0.15, -0.1) is 16.4 Å². The second kappa shape index (κ2) is 5.69. The first-order valence-corrected chi connectivity index (χ1v) is 7.58. The van der Waals surface area contributed by atoms with E-state index in [0.29, 0.717) is 21.9 Å². The molecule has 6 nitrogen and oxygen atoms in total. The fourth-order valence-corrected chi connectivity index (χ4v) is 3.19. The van der Waals surface area contributed by atoms with Gasteiger partial charge < -0.3 is 11.1 Å². The van der Waals surface area contributed by atoms with Crippen molar-refractivity contribution in [3.63, 3.8) is 0 Å². The molecule has 0 aliphatic carbocycles. The number of thiophene rings is 1. The Balaban J connectivity index is 1.88. The first-order valence-electron chi connectivity index (χ1n) is 6.77.